The molecule has 28 heavy (non-hydrogen) atoms. The minimum Gasteiger partial charge on any atom is -0.453 e. The summed E-state index contributed by atoms with van der Waals surface area (Å²) in [5.74, 6) is 1.01. The molecule has 2 amide bonds. The number of piperidine rings is 1. The molecule has 4 rings (SSSR count). The van der Waals surface area contributed by atoms with Crippen LogP contribution in [0.2, 0.25) is 0 Å². The van der Waals surface area contributed by atoms with Crippen molar-refractivity contribution in [2.45, 2.75) is 63.8 Å². The van der Waals surface area contributed by atoms with Crippen molar-refractivity contribution >= 4 is 12.0 Å². The Morgan fingerprint density at radius 3 is 2.36 bits per heavy atom. The van der Waals surface area contributed by atoms with Crippen molar-refractivity contribution < 1.29 is 14.3 Å². The maximum Gasteiger partial charge on any atom is 0.407 e. The molecule has 1 N–H and O–H groups in total. The summed E-state index contributed by atoms with van der Waals surface area (Å²) in [7, 11) is 1.37. The second-order valence-corrected chi connectivity index (χ2v) is 9.57. The van der Waals surface area contributed by atoms with E-state index in [0.717, 1.165) is 25.9 Å². The number of amides is 2. The maximum absolute atomic E-state index is 12.9. The summed E-state index contributed by atoms with van der Waals surface area (Å²) < 4.78 is 4.68. The van der Waals surface area contributed by atoms with Crippen molar-refractivity contribution in [3.05, 3.63) is 35.4 Å². The van der Waals surface area contributed by atoms with Crippen LogP contribution in [0.1, 0.15) is 62.5 Å². The van der Waals surface area contributed by atoms with Gasteiger partial charge in [-0.05, 0) is 74.8 Å². The monoisotopic (exact) mass is 384 g/mol. The Bertz CT molecular complexity index is 753. The van der Waals surface area contributed by atoms with Crippen molar-refractivity contribution in [1.29, 1.82) is 0 Å². The molecule has 2 saturated carbocycles. The number of likely N-dealkylation sites (tertiary alicyclic amines) is 1. The highest BCUT2D eigenvalue weighted by Gasteiger charge is 2.50. The first-order valence-corrected chi connectivity index (χ1v) is 10.5. The molecule has 1 spiro atoms. The van der Waals surface area contributed by atoms with Gasteiger partial charge in [0.05, 0.1) is 7.11 Å². The van der Waals surface area contributed by atoms with E-state index in [4.69, 9.17) is 0 Å². The number of carbonyl (C=O) groups is 2. The molecule has 152 valence electrons. The van der Waals surface area contributed by atoms with Crippen LogP contribution in [0.15, 0.2) is 24.3 Å². The van der Waals surface area contributed by atoms with Crippen LogP contribution in [0.5, 0.6) is 0 Å². The van der Waals surface area contributed by atoms with Gasteiger partial charge in [-0.25, -0.2) is 4.79 Å². The summed E-state index contributed by atoms with van der Waals surface area (Å²) in [6.45, 7) is 5.97. The van der Waals surface area contributed by atoms with Gasteiger partial charge in [0.15, 0.2) is 0 Å². The van der Waals surface area contributed by atoms with E-state index in [1.54, 1.807) is 0 Å². The molecule has 1 aromatic carbocycles. The standard InChI is InChI=1S/C23H32N2O3/c1-16-6-4-5-7-19(16)17-14-23(15-17)8-10-25(11-9-23)20(26)18-12-22(2,13-18)24-21(27)28-3/h4-7,17-18H,8-15H2,1-3H3,(H,24,27)/t18-,22+. The molecule has 1 heterocycles. The van der Waals surface area contributed by atoms with Crippen LogP contribution < -0.4 is 5.32 Å². The number of nitrogens with zero attached hydrogens (tertiary/aromatic N) is 1. The van der Waals surface area contributed by atoms with Gasteiger partial charge in [0.1, 0.15) is 0 Å². The normalized spacial score (nSPS) is 29.0. The first-order valence-electron chi connectivity index (χ1n) is 10.5. The van der Waals surface area contributed by atoms with Gasteiger partial charge in [0, 0.05) is 24.5 Å². The van der Waals surface area contributed by atoms with E-state index in [1.165, 1.54) is 31.1 Å². The van der Waals surface area contributed by atoms with Crippen LogP contribution in [0.3, 0.4) is 0 Å². The molecular formula is C23H32N2O3. The fourth-order valence-electron chi connectivity index (χ4n) is 5.72. The SMILES string of the molecule is COC(=O)N[C@]1(C)C[C@H](C(=O)N2CCC3(CC2)CC(c2ccccc2C)C3)C1. The predicted octanol–water partition coefficient (Wildman–Crippen LogP) is 4.01. The van der Waals surface area contributed by atoms with E-state index < -0.39 is 6.09 Å². The smallest absolute Gasteiger partial charge is 0.407 e. The van der Waals surface area contributed by atoms with Crippen molar-refractivity contribution in [2.24, 2.45) is 11.3 Å². The van der Waals surface area contributed by atoms with Crippen molar-refractivity contribution in [1.82, 2.24) is 10.2 Å². The zero-order valence-electron chi connectivity index (χ0n) is 17.3. The number of carbonyl (C=O) groups excluding carboxylic acids is 2. The predicted molar refractivity (Wildman–Crippen MR) is 108 cm³/mol. The number of ether oxygens (including phenoxy) is 1. The third-order valence-electron chi connectivity index (χ3n) is 7.46. The Morgan fingerprint density at radius 2 is 1.75 bits per heavy atom. The average molecular weight is 385 g/mol. The number of hydrogen-bond acceptors (Lipinski definition) is 3. The molecule has 1 saturated heterocycles. The molecular weight excluding hydrogens is 352 g/mol. The second-order valence-electron chi connectivity index (χ2n) is 9.57. The Kier molecular flexibility index (Phi) is 4.88. The molecule has 5 heteroatoms. The number of aryl methyl sites for hydroxylation is 1. The summed E-state index contributed by atoms with van der Waals surface area (Å²) in [6.07, 6.45) is 5.79. The molecule has 2 aliphatic carbocycles. The van der Waals surface area contributed by atoms with Crippen LogP contribution in [0.4, 0.5) is 4.79 Å². The van der Waals surface area contributed by atoms with Gasteiger partial charge in [-0.1, -0.05) is 24.3 Å². The third-order valence-corrected chi connectivity index (χ3v) is 7.46. The Labute approximate surface area is 167 Å². The molecule has 0 bridgehead atoms. The Balaban J connectivity index is 1.25. The summed E-state index contributed by atoms with van der Waals surface area (Å²) in [5.41, 5.74) is 3.06. The minimum atomic E-state index is -0.415. The van der Waals surface area contributed by atoms with Crippen LogP contribution in [-0.2, 0) is 9.53 Å². The quantitative estimate of drug-likeness (QED) is 0.857. The number of benzene rings is 1. The zero-order valence-corrected chi connectivity index (χ0v) is 17.3. The van der Waals surface area contributed by atoms with Gasteiger partial charge < -0.3 is 15.0 Å². The van der Waals surface area contributed by atoms with E-state index in [1.807, 2.05) is 6.92 Å². The zero-order chi connectivity index (χ0) is 19.9. The number of nitrogens with one attached hydrogen (secondary N) is 1. The summed E-state index contributed by atoms with van der Waals surface area (Å²) in [5, 5.41) is 2.85. The van der Waals surface area contributed by atoms with Crippen LogP contribution >= 0.6 is 0 Å². The van der Waals surface area contributed by atoms with Gasteiger partial charge in [0.25, 0.3) is 0 Å². The molecule has 3 aliphatic rings. The lowest BCUT2D eigenvalue weighted by Crippen LogP contribution is -2.59. The third kappa shape index (κ3) is 3.51. The fraction of sp³-hybridized carbons (Fsp3) is 0.652. The van der Waals surface area contributed by atoms with Crippen LogP contribution in [0.25, 0.3) is 0 Å². The molecule has 1 aliphatic heterocycles. The fourth-order valence-corrected chi connectivity index (χ4v) is 5.72. The first-order chi connectivity index (χ1) is 13.3. The van der Waals surface area contributed by atoms with Gasteiger partial charge >= 0.3 is 6.09 Å². The van der Waals surface area contributed by atoms with Crippen molar-refractivity contribution in [3.63, 3.8) is 0 Å². The molecule has 0 atom stereocenters. The highest BCUT2D eigenvalue weighted by molar-refractivity contribution is 5.81. The number of alkyl carbamates (subject to hydrolysis) is 1. The summed E-state index contributed by atoms with van der Waals surface area (Å²) >= 11 is 0. The highest BCUT2D eigenvalue weighted by Crippen LogP contribution is 2.57. The van der Waals surface area contributed by atoms with E-state index in [2.05, 4.69) is 46.1 Å². The summed E-state index contributed by atoms with van der Waals surface area (Å²) in [4.78, 5) is 26.3. The first kappa shape index (κ1) is 19.3. The number of hydrogen-bond donors (Lipinski definition) is 1. The molecule has 0 aromatic heterocycles. The van der Waals surface area contributed by atoms with Gasteiger partial charge in [-0.15, -0.1) is 0 Å². The summed E-state index contributed by atoms with van der Waals surface area (Å²) in [6, 6.07) is 8.75. The van der Waals surface area contributed by atoms with E-state index in [9.17, 15) is 9.59 Å². The molecule has 1 aromatic rings. The lowest BCUT2D eigenvalue weighted by Gasteiger charge is -2.54. The molecule has 5 nitrogen and oxygen atoms in total. The lowest BCUT2D eigenvalue weighted by molar-refractivity contribution is -0.144. The lowest BCUT2D eigenvalue weighted by atomic mass is 9.55. The van der Waals surface area contributed by atoms with Crippen molar-refractivity contribution in [2.75, 3.05) is 20.2 Å². The van der Waals surface area contributed by atoms with E-state index >= 15 is 0 Å². The number of methoxy groups -OCH3 is 1. The van der Waals surface area contributed by atoms with E-state index in [-0.39, 0.29) is 17.4 Å². The second kappa shape index (κ2) is 7.09. The Morgan fingerprint density at radius 1 is 1.11 bits per heavy atom. The van der Waals surface area contributed by atoms with E-state index in [0.29, 0.717) is 24.2 Å². The van der Waals surface area contributed by atoms with Gasteiger partial charge in [-0.2, -0.15) is 0 Å². The van der Waals surface area contributed by atoms with Gasteiger partial charge in [-0.3, -0.25) is 4.79 Å². The average Bonchev–Trinajstić information content (AvgIpc) is 2.64. The molecule has 0 radical (unpaired) electrons. The molecule has 3 fully saturated rings. The largest absolute Gasteiger partial charge is 0.453 e. The number of rotatable bonds is 3. The van der Waals surface area contributed by atoms with Crippen LogP contribution in [-0.4, -0.2) is 42.6 Å². The molecule has 0 unspecified atom stereocenters. The Hall–Kier alpha value is -2.04. The highest BCUT2D eigenvalue weighted by atomic mass is 16.5. The maximum atomic E-state index is 12.9. The van der Waals surface area contributed by atoms with Crippen LogP contribution in [0, 0.1) is 18.3 Å². The topological polar surface area (TPSA) is 58.6 Å². The van der Waals surface area contributed by atoms with Gasteiger partial charge in [0.2, 0.25) is 5.91 Å². The minimum absolute atomic E-state index is 0.0392. The van der Waals surface area contributed by atoms with Crippen molar-refractivity contribution in [3.8, 4) is 0 Å².